The van der Waals surface area contributed by atoms with Gasteiger partial charge >= 0.3 is 0 Å². The highest BCUT2D eigenvalue weighted by molar-refractivity contribution is 6.78. The summed E-state index contributed by atoms with van der Waals surface area (Å²) in [6.07, 6.45) is -2.51. The Labute approximate surface area is 417 Å². The average Bonchev–Trinajstić information content (AvgIpc) is 3.26. The molecule has 2 aliphatic rings. The first-order valence-electron chi connectivity index (χ1n) is 26.1. The number of hydrogen-bond acceptors (Lipinski definition) is 11. The van der Waals surface area contributed by atoms with E-state index in [0.29, 0.717) is 104 Å². The molecule has 2 aromatic carbocycles. The Kier molecular flexibility index (Phi) is 21.2. The van der Waals surface area contributed by atoms with Gasteiger partial charge in [-0.3, -0.25) is 0 Å². The summed E-state index contributed by atoms with van der Waals surface area (Å²) in [6, 6.07) is 5.82. The maximum Gasteiger partial charge on any atom is 0.201 e. The lowest BCUT2D eigenvalue weighted by molar-refractivity contribution is -0.200. The van der Waals surface area contributed by atoms with Gasteiger partial charge in [0, 0.05) is 45.1 Å². The van der Waals surface area contributed by atoms with E-state index in [1.54, 1.807) is 35.5 Å². The number of hydrogen-bond donors (Lipinski definition) is 1. The fourth-order valence-electron chi connectivity index (χ4n) is 13.9. The minimum Gasteiger partial charge on any atom is -0.507 e. The van der Waals surface area contributed by atoms with Crippen LogP contribution in [0, 0.1) is 0 Å². The molecule has 8 atom stereocenters. The standard InChI is InChI=1S/C54H98O11Si3/c1-31(2)66(32(3)4,33(5)6)61-30-49-54(65-68(37(13)14,38(15)16)39(17)18)47(64-67(34(7)8,35(9)10)36(11)12)28-45(63-49)41-26-40(44-27-46(59-22)53(60-23)48(62-44)29-56-19)50-42(57-20)24-25-43(58-21)51(50)52(41)55/h24-26,31-39,44-49,53-55H,27-30H2,1-23H3/t44-,45-,46-,47-,48-,49-,53+,54+/m1/s1. The summed E-state index contributed by atoms with van der Waals surface area (Å²) in [4.78, 5) is 0. The van der Waals surface area contributed by atoms with Crippen LogP contribution in [0.5, 0.6) is 17.2 Å². The molecule has 392 valence electrons. The van der Waals surface area contributed by atoms with Gasteiger partial charge in [-0.2, -0.15) is 0 Å². The first-order valence-corrected chi connectivity index (χ1v) is 32.5. The molecule has 1 N–H and O–H groups in total. The molecule has 0 unspecified atom stereocenters. The van der Waals surface area contributed by atoms with E-state index in [2.05, 4.69) is 131 Å². The molecule has 2 aromatic rings. The van der Waals surface area contributed by atoms with E-state index in [1.165, 1.54) is 0 Å². The second kappa shape index (κ2) is 24.4. The van der Waals surface area contributed by atoms with Crippen LogP contribution in [-0.2, 0) is 37.0 Å². The van der Waals surface area contributed by atoms with E-state index in [0.717, 1.165) is 5.56 Å². The van der Waals surface area contributed by atoms with Crippen molar-refractivity contribution in [1.82, 2.24) is 0 Å². The lowest BCUT2D eigenvalue weighted by Crippen LogP contribution is -2.62. The van der Waals surface area contributed by atoms with Gasteiger partial charge in [0.25, 0.3) is 0 Å². The molecular weight excluding hydrogens is 909 g/mol. The third kappa shape index (κ3) is 11.2. The third-order valence-corrected chi connectivity index (χ3v) is 34.9. The number of benzene rings is 2. The summed E-state index contributed by atoms with van der Waals surface area (Å²) in [5.41, 5.74) is 4.56. The molecule has 2 aliphatic heterocycles. The van der Waals surface area contributed by atoms with Crippen molar-refractivity contribution in [2.75, 3.05) is 48.8 Å². The van der Waals surface area contributed by atoms with Crippen LogP contribution >= 0.6 is 0 Å². The highest BCUT2D eigenvalue weighted by Gasteiger charge is 2.56. The van der Waals surface area contributed by atoms with E-state index < -0.39 is 55.5 Å². The number of ether oxygens (including phenoxy) is 7. The molecule has 0 amide bonds. The van der Waals surface area contributed by atoms with Crippen LogP contribution in [0.4, 0.5) is 0 Å². The lowest BCUT2D eigenvalue weighted by Gasteiger charge is -2.54. The zero-order valence-corrected chi connectivity index (χ0v) is 49.9. The largest absolute Gasteiger partial charge is 0.507 e. The van der Waals surface area contributed by atoms with Gasteiger partial charge < -0.3 is 51.5 Å². The Morgan fingerprint density at radius 1 is 0.500 bits per heavy atom. The van der Waals surface area contributed by atoms with Crippen molar-refractivity contribution in [3.63, 3.8) is 0 Å². The molecule has 0 saturated carbocycles. The van der Waals surface area contributed by atoms with Crippen LogP contribution in [0.2, 0.25) is 49.9 Å². The van der Waals surface area contributed by atoms with E-state index >= 15 is 0 Å². The summed E-state index contributed by atoms with van der Waals surface area (Å²) in [7, 11) is 0.836. The minimum absolute atomic E-state index is 0.0789. The van der Waals surface area contributed by atoms with Crippen molar-refractivity contribution in [1.29, 1.82) is 0 Å². The molecule has 0 aromatic heterocycles. The van der Waals surface area contributed by atoms with Crippen molar-refractivity contribution < 1.29 is 51.5 Å². The fraction of sp³-hybridized carbons (Fsp3) is 0.815. The molecule has 0 bridgehead atoms. The SMILES string of the molecule is COC[C@H]1O[C@@H](c2cc([C@H]3C[C@@H](O[Si](C(C)C)(C(C)C)C(C)C)[C@H](O[Si](C(C)C)(C(C)C)C(C)C)[C@@H](CO[Si](C(C)C)(C(C)C)C(C)C)O3)c(O)c3c(OC)ccc(OC)c23)C[C@@H](OC)[C@@H]1OC. The van der Waals surface area contributed by atoms with Crippen molar-refractivity contribution in [2.24, 2.45) is 0 Å². The van der Waals surface area contributed by atoms with E-state index in [1.807, 2.05) is 12.1 Å². The Morgan fingerprint density at radius 2 is 0.912 bits per heavy atom. The molecule has 0 radical (unpaired) electrons. The van der Waals surface area contributed by atoms with Crippen molar-refractivity contribution in [2.45, 2.75) is 236 Å². The van der Waals surface area contributed by atoms with Gasteiger partial charge in [-0.1, -0.05) is 125 Å². The Hall–Kier alpha value is -1.57. The molecule has 0 aliphatic carbocycles. The molecule has 11 nitrogen and oxygen atoms in total. The number of phenols is 1. The molecule has 4 rings (SSSR count). The van der Waals surface area contributed by atoms with Crippen LogP contribution in [-0.4, -0.2) is 115 Å². The maximum absolute atomic E-state index is 13.0. The van der Waals surface area contributed by atoms with Gasteiger partial charge in [-0.25, -0.2) is 0 Å². The number of aromatic hydroxyl groups is 1. The number of methoxy groups -OCH3 is 5. The highest BCUT2D eigenvalue weighted by Crippen LogP contribution is 2.54. The van der Waals surface area contributed by atoms with E-state index in [-0.39, 0.29) is 24.1 Å². The summed E-state index contributed by atoms with van der Waals surface area (Å²) >= 11 is 0. The summed E-state index contributed by atoms with van der Waals surface area (Å²) in [5.74, 6) is 1.19. The molecule has 2 heterocycles. The van der Waals surface area contributed by atoms with Gasteiger partial charge in [0.1, 0.15) is 35.6 Å². The number of phenolic OH excluding ortho intramolecular Hbond substituents is 1. The molecule has 0 spiro atoms. The maximum atomic E-state index is 13.0. The van der Waals surface area contributed by atoms with Crippen LogP contribution < -0.4 is 9.47 Å². The first-order chi connectivity index (χ1) is 31.8. The second-order valence-corrected chi connectivity index (χ2v) is 39.1. The topological polar surface area (TPSA) is 113 Å². The Balaban J connectivity index is 2.15. The zero-order valence-electron chi connectivity index (χ0n) is 46.9. The van der Waals surface area contributed by atoms with Crippen molar-refractivity contribution in [3.8, 4) is 17.2 Å². The third-order valence-electron chi connectivity index (χ3n) is 16.6. The predicted octanol–water partition coefficient (Wildman–Crippen LogP) is 14.2. The molecular formula is C54H98O11Si3. The monoisotopic (exact) mass is 1010 g/mol. The van der Waals surface area contributed by atoms with Crippen molar-refractivity contribution >= 4 is 35.7 Å². The quantitative estimate of drug-likeness (QED) is 0.101. The smallest absolute Gasteiger partial charge is 0.201 e. The zero-order chi connectivity index (χ0) is 51.4. The van der Waals surface area contributed by atoms with Gasteiger partial charge in [-0.05, 0) is 73.6 Å². The van der Waals surface area contributed by atoms with Crippen molar-refractivity contribution in [3.05, 3.63) is 29.3 Å². The Morgan fingerprint density at radius 3 is 1.32 bits per heavy atom. The van der Waals surface area contributed by atoms with Gasteiger partial charge in [-0.15, -0.1) is 0 Å². The summed E-state index contributed by atoms with van der Waals surface area (Å²) < 4.78 is 68.4. The molecule has 2 fully saturated rings. The summed E-state index contributed by atoms with van der Waals surface area (Å²) in [5, 5.41) is 14.2. The summed E-state index contributed by atoms with van der Waals surface area (Å²) in [6.45, 7) is 42.9. The predicted molar refractivity (Wildman–Crippen MR) is 285 cm³/mol. The molecule has 68 heavy (non-hydrogen) atoms. The normalized spacial score (nSPS) is 24.7. The van der Waals surface area contributed by atoms with E-state index in [9.17, 15) is 5.11 Å². The Bertz CT molecular complexity index is 1820. The number of rotatable bonds is 24. The van der Waals surface area contributed by atoms with Gasteiger partial charge in [0.15, 0.2) is 8.32 Å². The van der Waals surface area contributed by atoms with Crippen LogP contribution in [0.3, 0.4) is 0 Å². The lowest BCUT2D eigenvalue weighted by atomic mass is 9.86. The highest BCUT2D eigenvalue weighted by atomic mass is 28.4. The van der Waals surface area contributed by atoms with Gasteiger partial charge in [0.05, 0.1) is 63.3 Å². The fourth-order valence-corrected chi connectivity index (χ4v) is 30.5. The first kappa shape index (κ1) is 59.0. The minimum atomic E-state index is -2.56. The molecule has 14 heteroatoms. The van der Waals surface area contributed by atoms with E-state index in [4.69, 9.17) is 46.4 Å². The average molecular weight is 1010 g/mol. The van der Waals surface area contributed by atoms with Crippen LogP contribution in [0.1, 0.15) is 161 Å². The number of fused-ring (bicyclic) bond motifs is 1. The van der Waals surface area contributed by atoms with Gasteiger partial charge in [0.2, 0.25) is 16.6 Å². The molecule has 2 saturated heterocycles. The van der Waals surface area contributed by atoms with Crippen LogP contribution in [0.15, 0.2) is 18.2 Å². The van der Waals surface area contributed by atoms with Crippen LogP contribution in [0.25, 0.3) is 10.8 Å². The second-order valence-electron chi connectivity index (χ2n) is 22.9.